The molecule has 1 unspecified atom stereocenters. The maximum atomic E-state index is 10.5. The van der Waals surface area contributed by atoms with Crippen LogP contribution in [0.3, 0.4) is 0 Å². The van der Waals surface area contributed by atoms with E-state index in [0.29, 0.717) is 12.6 Å². The smallest absolute Gasteiger partial charge is 0.304 e. The van der Waals surface area contributed by atoms with Crippen molar-refractivity contribution in [3.8, 4) is 0 Å². The fourth-order valence-electron chi connectivity index (χ4n) is 1.87. The number of aliphatic carboxylic acids is 1. The number of rotatable bonds is 6. The number of carboxylic acids is 1. The Hall–Kier alpha value is -0.610. The van der Waals surface area contributed by atoms with Crippen LogP contribution in [0.5, 0.6) is 0 Å². The maximum absolute atomic E-state index is 10.5. The molecule has 0 aromatic carbocycles. The van der Waals surface area contributed by atoms with Crippen LogP contribution in [0.4, 0.5) is 0 Å². The monoisotopic (exact) mass is 215 g/mol. The second kappa shape index (κ2) is 6.80. The van der Waals surface area contributed by atoms with Crippen LogP contribution in [-0.2, 0) is 9.53 Å². The van der Waals surface area contributed by atoms with Crippen LogP contribution >= 0.6 is 0 Å². The van der Waals surface area contributed by atoms with Crippen molar-refractivity contribution in [2.75, 3.05) is 26.2 Å². The first kappa shape index (κ1) is 12.5. The molecular formula is C11H21NO3. The molecular weight excluding hydrogens is 194 g/mol. The highest BCUT2D eigenvalue weighted by Crippen LogP contribution is 2.13. The molecule has 1 fully saturated rings. The van der Waals surface area contributed by atoms with Crippen molar-refractivity contribution in [1.82, 2.24) is 4.90 Å². The normalized spacial score (nSPS) is 21.9. The summed E-state index contributed by atoms with van der Waals surface area (Å²) in [6.07, 6.45) is 4.05. The predicted molar refractivity (Wildman–Crippen MR) is 58.0 cm³/mol. The van der Waals surface area contributed by atoms with Gasteiger partial charge < -0.3 is 14.7 Å². The van der Waals surface area contributed by atoms with Crippen LogP contribution in [0.1, 0.15) is 32.6 Å². The molecule has 0 spiro atoms. The third kappa shape index (κ3) is 5.14. The lowest BCUT2D eigenvalue weighted by Gasteiger charge is -2.28. The zero-order chi connectivity index (χ0) is 11.1. The summed E-state index contributed by atoms with van der Waals surface area (Å²) in [7, 11) is 0. The van der Waals surface area contributed by atoms with Crippen molar-refractivity contribution >= 4 is 5.97 Å². The Morgan fingerprint density at radius 1 is 1.53 bits per heavy atom. The molecule has 4 heteroatoms. The summed E-state index contributed by atoms with van der Waals surface area (Å²) in [5.74, 6) is -0.724. The Morgan fingerprint density at radius 2 is 2.33 bits per heavy atom. The first-order chi connectivity index (χ1) is 7.22. The summed E-state index contributed by atoms with van der Waals surface area (Å²) in [6, 6.07) is 0. The third-order valence-corrected chi connectivity index (χ3v) is 2.82. The summed E-state index contributed by atoms with van der Waals surface area (Å²) >= 11 is 0. The summed E-state index contributed by atoms with van der Waals surface area (Å²) in [5.41, 5.74) is 0. The molecule has 88 valence electrons. The molecule has 0 saturated carbocycles. The molecule has 4 nitrogen and oxygen atoms in total. The van der Waals surface area contributed by atoms with Gasteiger partial charge in [0, 0.05) is 19.7 Å². The van der Waals surface area contributed by atoms with E-state index < -0.39 is 5.97 Å². The van der Waals surface area contributed by atoms with E-state index in [2.05, 4.69) is 11.8 Å². The second-order valence-electron chi connectivity index (χ2n) is 4.03. The number of nitrogens with zero attached hydrogens (tertiary/aromatic N) is 1. The van der Waals surface area contributed by atoms with Gasteiger partial charge >= 0.3 is 5.97 Å². The van der Waals surface area contributed by atoms with Gasteiger partial charge in [-0.05, 0) is 25.8 Å². The van der Waals surface area contributed by atoms with Gasteiger partial charge in [-0.1, -0.05) is 6.92 Å². The van der Waals surface area contributed by atoms with E-state index in [9.17, 15) is 4.79 Å². The summed E-state index contributed by atoms with van der Waals surface area (Å²) in [6.45, 7) is 5.33. The highest BCUT2D eigenvalue weighted by Gasteiger charge is 2.17. The van der Waals surface area contributed by atoms with Crippen molar-refractivity contribution in [2.45, 2.75) is 38.7 Å². The quantitative estimate of drug-likeness (QED) is 0.726. The molecule has 0 aromatic heterocycles. The lowest BCUT2D eigenvalue weighted by Crippen LogP contribution is -2.36. The molecule has 0 aromatic rings. The molecule has 1 aliphatic rings. The first-order valence-electron chi connectivity index (χ1n) is 5.78. The number of ether oxygens (including phenoxy) is 1. The SMILES string of the molecule is CCN(CCC(=O)O)CC1CCCCO1. The standard InChI is InChI=1S/C11H21NO3/c1-2-12(7-6-11(13)14)9-10-5-3-4-8-15-10/h10H,2-9H2,1H3,(H,13,14). The Morgan fingerprint density at radius 3 is 2.87 bits per heavy atom. The number of hydrogen-bond donors (Lipinski definition) is 1. The highest BCUT2D eigenvalue weighted by molar-refractivity contribution is 5.66. The van der Waals surface area contributed by atoms with Crippen molar-refractivity contribution in [1.29, 1.82) is 0 Å². The van der Waals surface area contributed by atoms with Crippen LogP contribution in [0.25, 0.3) is 0 Å². The lowest BCUT2D eigenvalue weighted by molar-refractivity contribution is -0.137. The first-order valence-corrected chi connectivity index (χ1v) is 5.78. The Labute approximate surface area is 91.2 Å². The number of hydrogen-bond acceptors (Lipinski definition) is 3. The van der Waals surface area contributed by atoms with Crippen LogP contribution in [0.15, 0.2) is 0 Å². The third-order valence-electron chi connectivity index (χ3n) is 2.82. The molecule has 1 heterocycles. The predicted octanol–water partition coefficient (Wildman–Crippen LogP) is 1.35. The van der Waals surface area contributed by atoms with Gasteiger partial charge in [-0.15, -0.1) is 0 Å². The lowest BCUT2D eigenvalue weighted by atomic mass is 10.1. The van der Waals surface area contributed by atoms with Gasteiger partial charge in [0.1, 0.15) is 0 Å². The van der Waals surface area contributed by atoms with Crippen molar-refractivity contribution in [3.05, 3.63) is 0 Å². The zero-order valence-corrected chi connectivity index (χ0v) is 9.45. The summed E-state index contributed by atoms with van der Waals surface area (Å²) in [4.78, 5) is 12.6. The van der Waals surface area contributed by atoms with Crippen LogP contribution in [0.2, 0.25) is 0 Å². The fourth-order valence-corrected chi connectivity index (χ4v) is 1.87. The van der Waals surface area contributed by atoms with E-state index in [0.717, 1.165) is 32.5 Å². The average Bonchev–Trinajstić information content (AvgIpc) is 2.25. The maximum Gasteiger partial charge on any atom is 0.304 e. The molecule has 0 aliphatic carbocycles. The minimum atomic E-state index is -0.724. The van der Waals surface area contributed by atoms with Crippen molar-refractivity contribution in [2.24, 2.45) is 0 Å². The largest absolute Gasteiger partial charge is 0.481 e. The molecule has 0 radical (unpaired) electrons. The fraction of sp³-hybridized carbons (Fsp3) is 0.909. The molecule has 0 bridgehead atoms. The average molecular weight is 215 g/mol. The van der Waals surface area contributed by atoms with Gasteiger partial charge in [0.15, 0.2) is 0 Å². The van der Waals surface area contributed by atoms with Crippen LogP contribution in [0, 0.1) is 0 Å². The topological polar surface area (TPSA) is 49.8 Å². The highest BCUT2D eigenvalue weighted by atomic mass is 16.5. The van der Waals surface area contributed by atoms with E-state index >= 15 is 0 Å². The molecule has 15 heavy (non-hydrogen) atoms. The van der Waals surface area contributed by atoms with Gasteiger partial charge in [-0.25, -0.2) is 0 Å². The summed E-state index contributed by atoms with van der Waals surface area (Å²) < 4.78 is 5.63. The molecule has 0 amide bonds. The van der Waals surface area contributed by atoms with Gasteiger partial charge in [0.25, 0.3) is 0 Å². The molecule has 1 rings (SSSR count). The van der Waals surface area contributed by atoms with Crippen molar-refractivity contribution < 1.29 is 14.6 Å². The van der Waals surface area contributed by atoms with Gasteiger partial charge in [0.05, 0.1) is 12.5 Å². The zero-order valence-electron chi connectivity index (χ0n) is 9.45. The van der Waals surface area contributed by atoms with E-state index in [-0.39, 0.29) is 6.42 Å². The van der Waals surface area contributed by atoms with Gasteiger partial charge in [0.2, 0.25) is 0 Å². The molecule has 1 saturated heterocycles. The molecule has 1 aliphatic heterocycles. The molecule has 1 atom stereocenters. The van der Waals surface area contributed by atoms with Crippen molar-refractivity contribution in [3.63, 3.8) is 0 Å². The molecule has 1 N–H and O–H groups in total. The number of likely N-dealkylation sites (N-methyl/N-ethyl adjacent to an activating group) is 1. The van der Waals surface area contributed by atoms with E-state index in [4.69, 9.17) is 9.84 Å². The van der Waals surface area contributed by atoms with Gasteiger partial charge in [-0.2, -0.15) is 0 Å². The van der Waals surface area contributed by atoms with Gasteiger partial charge in [-0.3, -0.25) is 4.79 Å². The number of carboxylic acid groups (broad SMARTS) is 1. The van der Waals surface area contributed by atoms with E-state index in [1.54, 1.807) is 0 Å². The Balaban J connectivity index is 2.22. The van der Waals surface area contributed by atoms with Crippen LogP contribution in [-0.4, -0.2) is 48.3 Å². The summed E-state index contributed by atoms with van der Waals surface area (Å²) in [5, 5.41) is 8.61. The minimum Gasteiger partial charge on any atom is -0.481 e. The minimum absolute atomic E-state index is 0.223. The Bertz CT molecular complexity index is 190. The Kier molecular flexibility index (Phi) is 5.65. The van der Waals surface area contributed by atoms with E-state index in [1.807, 2.05) is 0 Å². The van der Waals surface area contributed by atoms with Crippen LogP contribution < -0.4 is 0 Å². The van der Waals surface area contributed by atoms with E-state index in [1.165, 1.54) is 6.42 Å². The number of carbonyl (C=O) groups is 1. The second-order valence-corrected chi connectivity index (χ2v) is 4.03.